The van der Waals surface area contributed by atoms with Crippen LogP contribution in [0.3, 0.4) is 0 Å². The lowest BCUT2D eigenvalue weighted by Gasteiger charge is -2.32. The van der Waals surface area contributed by atoms with E-state index in [4.69, 9.17) is 4.42 Å². The molecular weight excluding hydrogens is 274 g/mol. The Kier molecular flexibility index (Phi) is 3.67. The molecule has 1 fully saturated rings. The first kappa shape index (κ1) is 13.5. The lowest BCUT2D eigenvalue weighted by Crippen LogP contribution is -2.46. The summed E-state index contributed by atoms with van der Waals surface area (Å²) < 4.78 is 5.48. The number of piperazine rings is 1. The Balaban J connectivity index is 1.71. The standard InChI is InChI=1S/C14H17N3O2S/c1-10-3-4-11(19-10)9-12-13(18)15-14(20-12)17-7-5-16(2)6-8-17/h3-4,9H,5-8H2,1-2H3. The molecule has 20 heavy (non-hydrogen) atoms. The van der Waals surface area contributed by atoms with E-state index in [1.54, 1.807) is 6.08 Å². The molecule has 0 saturated carbocycles. The summed E-state index contributed by atoms with van der Waals surface area (Å²) >= 11 is 1.44. The van der Waals surface area contributed by atoms with Gasteiger partial charge in [-0.2, -0.15) is 4.99 Å². The van der Waals surface area contributed by atoms with Gasteiger partial charge in [-0.1, -0.05) is 0 Å². The quantitative estimate of drug-likeness (QED) is 0.739. The van der Waals surface area contributed by atoms with Gasteiger partial charge in [0, 0.05) is 32.3 Å². The van der Waals surface area contributed by atoms with Gasteiger partial charge in [0.05, 0.1) is 4.91 Å². The molecule has 0 unspecified atom stereocenters. The van der Waals surface area contributed by atoms with Crippen molar-refractivity contribution in [2.45, 2.75) is 6.92 Å². The van der Waals surface area contributed by atoms with Gasteiger partial charge in [-0.15, -0.1) is 0 Å². The molecule has 2 aliphatic heterocycles. The predicted molar refractivity (Wildman–Crippen MR) is 80.5 cm³/mol. The second-order valence-corrected chi connectivity index (χ2v) is 6.06. The minimum Gasteiger partial charge on any atom is -0.462 e. The average Bonchev–Trinajstić information content (AvgIpc) is 2.98. The molecule has 1 saturated heterocycles. The lowest BCUT2D eigenvalue weighted by molar-refractivity contribution is -0.113. The summed E-state index contributed by atoms with van der Waals surface area (Å²) in [6.45, 7) is 5.73. The Morgan fingerprint density at radius 1 is 1.30 bits per heavy atom. The van der Waals surface area contributed by atoms with Crippen LogP contribution in [0.4, 0.5) is 0 Å². The minimum atomic E-state index is -0.169. The van der Waals surface area contributed by atoms with Gasteiger partial charge in [0.2, 0.25) is 0 Å². The second-order valence-electron chi connectivity index (χ2n) is 5.05. The Hall–Kier alpha value is -1.53. The molecule has 1 aromatic rings. The van der Waals surface area contributed by atoms with Crippen molar-refractivity contribution in [3.05, 3.63) is 28.6 Å². The number of furan rings is 1. The second kappa shape index (κ2) is 5.46. The van der Waals surface area contributed by atoms with Crippen molar-refractivity contribution >= 4 is 28.9 Å². The zero-order valence-electron chi connectivity index (χ0n) is 11.6. The number of amidine groups is 1. The van der Waals surface area contributed by atoms with E-state index in [1.165, 1.54) is 11.8 Å². The van der Waals surface area contributed by atoms with Crippen LogP contribution in [-0.2, 0) is 4.79 Å². The van der Waals surface area contributed by atoms with Crippen molar-refractivity contribution < 1.29 is 9.21 Å². The zero-order chi connectivity index (χ0) is 14.1. The van der Waals surface area contributed by atoms with Crippen LogP contribution in [-0.4, -0.2) is 54.1 Å². The number of aliphatic imine (C=N–C) groups is 1. The number of thioether (sulfide) groups is 1. The van der Waals surface area contributed by atoms with E-state index in [9.17, 15) is 4.79 Å². The van der Waals surface area contributed by atoms with Crippen molar-refractivity contribution in [2.75, 3.05) is 33.2 Å². The maximum Gasteiger partial charge on any atom is 0.286 e. The van der Waals surface area contributed by atoms with Gasteiger partial charge in [-0.05, 0) is 37.9 Å². The first-order valence-electron chi connectivity index (χ1n) is 6.64. The smallest absolute Gasteiger partial charge is 0.286 e. The molecule has 0 spiro atoms. The Labute approximate surface area is 122 Å². The fraction of sp³-hybridized carbons (Fsp3) is 0.429. The molecule has 0 aliphatic carbocycles. The van der Waals surface area contributed by atoms with E-state index in [0.717, 1.165) is 37.1 Å². The molecule has 0 radical (unpaired) electrons. The maximum absolute atomic E-state index is 11.9. The SMILES string of the molecule is Cc1ccc(C=C2SC(N3CCN(C)CC3)=NC2=O)o1. The summed E-state index contributed by atoms with van der Waals surface area (Å²) in [6.07, 6.45) is 1.77. The number of carbonyl (C=O) groups is 1. The van der Waals surface area contributed by atoms with Crippen LogP contribution < -0.4 is 0 Å². The molecular formula is C14H17N3O2S. The number of hydrogen-bond acceptors (Lipinski definition) is 5. The lowest BCUT2D eigenvalue weighted by atomic mass is 10.3. The summed E-state index contributed by atoms with van der Waals surface area (Å²) in [6, 6.07) is 3.75. The average molecular weight is 291 g/mol. The van der Waals surface area contributed by atoms with E-state index in [1.807, 2.05) is 19.1 Å². The molecule has 0 aromatic carbocycles. The molecule has 1 aromatic heterocycles. The number of amides is 1. The number of likely N-dealkylation sites (N-methyl/N-ethyl adjacent to an activating group) is 1. The summed E-state index contributed by atoms with van der Waals surface area (Å²) in [5, 5.41) is 0.817. The van der Waals surface area contributed by atoms with Crippen LogP contribution in [0.5, 0.6) is 0 Å². The van der Waals surface area contributed by atoms with Crippen molar-refractivity contribution in [1.29, 1.82) is 0 Å². The molecule has 2 aliphatic rings. The van der Waals surface area contributed by atoms with Gasteiger partial charge in [-0.3, -0.25) is 4.79 Å². The molecule has 5 nitrogen and oxygen atoms in total. The minimum absolute atomic E-state index is 0.169. The third-order valence-electron chi connectivity index (χ3n) is 3.42. The predicted octanol–water partition coefficient (Wildman–Crippen LogP) is 1.81. The topological polar surface area (TPSA) is 49.0 Å². The first-order chi connectivity index (χ1) is 9.61. The largest absolute Gasteiger partial charge is 0.462 e. The van der Waals surface area contributed by atoms with E-state index < -0.39 is 0 Å². The molecule has 106 valence electrons. The molecule has 3 rings (SSSR count). The molecule has 3 heterocycles. The molecule has 0 N–H and O–H groups in total. The van der Waals surface area contributed by atoms with Crippen molar-refractivity contribution in [3.63, 3.8) is 0 Å². The van der Waals surface area contributed by atoms with E-state index in [2.05, 4.69) is 21.8 Å². The first-order valence-corrected chi connectivity index (χ1v) is 7.46. The summed E-state index contributed by atoms with van der Waals surface area (Å²) in [5.74, 6) is 1.37. The normalized spacial score (nSPS) is 22.7. The van der Waals surface area contributed by atoms with Gasteiger partial charge < -0.3 is 14.2 Å². The highest BCUT2D eigenvalue weighted by Crippen LogP contribution is 2.30. The highest BCUT2D eigenvalue weighted by molar-refractivity contribution is 8.18. The number of nitrogens with zero attached hydrogens (tertiary/aromatic N) is 3. The van der Waals surface area contributed by atoms with Gasteiger partial charge >= 0.3 is 0 Å². The number of carbonyl (C=O) groups excluding carboxylic acids is 1. The van der Waals surface area contributed by atoms with Gasteiger partial charge in [-0.25, -0.2) is 0 Å². The summed E-state index contributed by atoms with van der Waals surface area (Å²) in [7, 11) is 2.11. The van der Waals surface area contributed by atoms with Crippen LogP contribution in [0.25, 0.3) is 6.08 Å². The van der Waals surface area contributed by atoms with E-state index in [-0.39, 0.29) is 5.91 Å². The Morgan fingerprint density at radius 3 is 2.70 bits per heavy atom. The van der Waals surface area contributed by atoms with Crippen molar-refractivity contribution in [1.82, 2.24) is 9.80 Å². The van der Waals surface area contributed by atoms with E-state index >= 15 is 0 Å². The van der Waals surface area contributed by atoms with Crippen LogP contribution in [0, 0.1) is 6.92 Å². The third-order valence-corrected chi connectivity index (χ3v) is 4.46. The highest BCUT2D eigenvalue weighted by Gasteiger charge is 2.27. The van der Waals surface area contributed by atoms with Gasteiger partial charge in [0.15, 0.2) is 5.17 Å². The van der Waals surface area contributed by atoms with Gasteiger partial charge in [0.1, 0.15) is 11.5 Å². The summed E-state index contributed by atoms with van der Waals surface area (Å²) in [5.41, 5.74) is 0. The van der Waals surface area contributed by atoms with Crippen LogP contribution in [0.1, 0.15) is 11.5 Å². The zero-order valence-corrected chi connectivity index (χ0v) is 12.4. The van der Waals surface area contributed by atoms with E-state index in [0.29, 0.717) is 10.7 Å². The van der Waals surface area contributed by atoms with Crippen LogP contribution in [0.15, 0.2) is 26.4 Å². The van der Waals surface area contributed by atoms with Crippen molar-refractivity contribution in [3.8, 4) is 0 Å². The van der Waals surface area contributed by atoms with Crippen molar-refractivity contribution in [2.24, 2.45) is 4.99 Å². The van der Waals surface area contributed by atoms with Gasteiger partial charge in [0.25, 0.3) is 5.91 Å². The molecule has 1 amide bonds. The Bertz CT molecular complexity index is 583. The number of aryl methyl sites for hydroxylation is 1. The molecule has 6 heteroatoms. The summed E-state index contributed by atoms with van der Waals surface area (Å²) in [4.78, 5) is 21.2. The van der Waals surface area contributed by atoms with Crippen LogP contribution in [0.2, 0.25) is 0 Å². The number of hydrogen-bond donors (Lipinski definition) is 0. The maximum atomic E-state index is 11.9. The fourth-order valence-corrected chi connectivity index (χ4v) is 3.14. The highest BCUT2D eigenvalue weighted by atomic mass is 32.2. The molecule has 0 atom stereocenters. The molecule has 0 bridgehead atoms. The Morgan fingerprint density at radius 2 is 2.05 bits per heavy atom. The van der Waals surface area contributed by atoms with Crippen LogP contribution >= 0.6 is 11.8 Å². The number of rotatable bonds is 1. The monoisotopic (exact) mass is 291 g/mol. The third kappa shape index (κ3) is 2.81. The fourth-order valence-electron chi connectivity index (χ4n) is 2.19.